The Kier molecular flexibility index (Phi) is 5.71. The second kappa shape index (κ2) is 7.96. The standard InChI is InChI=1S/C18H28N4O2/c1-3-21-8-7-19-18(21)14-20-9-10-22(16(12-20)6-11-23)13-17-5-4-15(2)24-17/h4-5,7-8,16,23H,3,6,9-14H2,1-2H3/t16-/m0/s1. The Morgan fingerprint density at radius 3 is 2.88 bits per heavy atom. The van der Waals surface area contributed by atoms with E-state index < -0.39 is 0 Å². The fourth-order valence-electron chi connectivity index (χ4n) is 3.48. The molecule has 0 amide bonds. The minimum atomic E-state index is 0.218. The third-order valence-corrected chi connectivity index (χ3v) is 4.81. The maximum atomic E-state index is 9.45. The second-order valence-electron chi connectivity index (χ2n) is 6.51. The summed E-state index contributed by atoms with van der Waals surface area (Å²) in [5, 5.41) is 9.45. The molecule has 24 heavy (non-hydrogen) atoms. The van der Waals surface area contributed by atoms with E-state index in [1.807, 2.05) is 25.4 Å². The quantitative estimate of drug-likeness (QED) is 0.839. The molecule has 0 unspecified atom stereocenters. The maximum Gasteiger partial charge on any atom is 0.122 e. The molecule has 2 aromatic heterocycles. The van der Waals surface area contributed by atoms with Gasteiger partial charge in [-0.1, -0.05) is 0 Å². The van der Waals surface area contributed by atoms with Crippen molar-refractivity contribution in [3.8, 4) is 0 Å². The van der Waals surface area contributed by atoms with Crippen molar-refractivity contribution in [2.45, 2.75) is 45.9 Å². The van der Waals surface area contributed by atoms with Crippen LogP contribution in [-0.4, -0.2) is 56.7 Å². The zero-order valence-electron chi connectivity index (χ0n) is 14.7. The molecular formula is C18H28N4O2. The van der Waals surface area contributed by atoms with Crippen LogP contribution in [0.2, 0.25) is 0 Å². The van der Waals surface area contributed by atoms with Crippen LogP contribution in [0.15, 0.2) is 28.9 Å². The van der Waals surface area contributed by atoms with Gasteiger partial charge in [0.05, 0.1) is 13.1 Å². The van der Waals surface area contributed by atoms with Gasteiger partial charge in [-0.3, -0.25) is 9.80 Å². The van der Waals surface area contributed by atoms with Crippen LogP contribution in [0.1, 0.15) is 30.7 Å². The Balaban J connectivity index is 1.62. The van der Waals surface area contributed by atoms with Crippen LogP contribution in [0.3, 0.4) is 0 Å². The summed E-state index contributed by atoms with van der Waals surface area (Å²) in [4.78, 5) is 9.36. The molecule has 1 N–H and O–H groups in total. The highest BCUT2D eigenvalue weighted by Gasteiger charge is 2.27. The average molecular weight is 332 g/mol. The van der Waals surface area contributed by atoms with Gasteiger partial charge in [-0.25, -0.2) is 4.98 Å². The monoisotopic (exact) mass is 332 g/mol. The summed E-state index contributed by atoms with van der Waals surface area (Å²) in [7, 11) is 0. The summed E-state index contributed by atoms with van der Waals surface area (Å²) in [6.07, 6.45) is 4.70. The van der Waals surface area contributed by atoms with Crippen molar-refractivity contribution in [1.82, 2.24) is 19.4 Å². The Hall–Kier alpha value is -1.63. The van der Waals surface area contributed by atoms with Crippen molar-refractivity contribution in [3.05, 3.63) is 41.9 Å². The van der Waals surface area contributed by atoms with Gasteiger partial charge in [-0.2, -0.15) is 0 Å². The molecule has 3 rings (SSSR count). The molecule has 1 aliphatic heterocycles. The molecule has 6 nitrogen and oxygen atoms in total. The zero-order chi connectivity index (χ0) is 16.9. The molecule has 0 saturated carbocycles. The van der Waals surface area contributed by atoms with Crippen LogP contribution in [0.25, 0.3) is 0 Å². The van der Waals surface area contributed by atoms with E-state index in [0.717, 1.165) is 63.0 Å². The Morgan fingerprint density at radius 1 is 1.29 bits per heavy atom. The number of aliphatic hydroxyl groups is 1. The molecule has 0 aromatic carbocycles. The number of hydrogen-bond acceptors (Lipinski definition) is 5. The minimum Gasteiger partial charge on any atom is -0.465 e. The van der Waals surface area contributed by atoms with Gasteiger partial charge < -0.3 is 14.1 Å². The van der Waals surface area contributed by atoms with Gasteiger partial charge in [-0.05, 0) is 32.4 Å². The normalized spacial score (nSPS) is 19.9. The molecule has 0 bridgehead atoms. The van der Waals surface area contributed by atoms with Crippen molar-refractivity contribution in [2.24, 2.45) is 0 Å². The summed E-state index contributed by atoms with van der Waals surface area (Å²) < 4.78 is 7.92. The third kappa shape index (κ3) is 4.06. The first kappa shape index (κ1) is 17.2. The first-order valence-corrected chi connectivity index (χ1v) is 8.82. The number of piperazine rings is 1. The highest BCUT2D eigenvalue weighted by molar-refractivity contribution is 5.06. The molecule has 3 heterocycles. The Morgan fingerprint density at radius 2 is 2.17 bits per heavy atom. The van der Waals surface area contributed by atoms with Crippen LogP contribution < -0.4 is 0 Å². The summed E-state index contributed by atoms with van der Waals surface area (Å²) in [6.45, 7) is 9.92. The smallest absolute Gasteiger partial charge is 0.122 e. The van der Waals surface area contributed by atoms with Gasteiger partial charge in [0.15, 0.2) is 0 Å². The van der Waals surface area contributed by atoms with E-state index in [2.05, 4.69) is 32.3 Å². The van der Waals surface area contributed by atoms with E-state index in [1.54, 1.807) is 0 Å². The molecule has 2 aromatic rings. The van der Waals surface area contributed by atoms with E-state index in [9.17, 15) is 5.11 Å². The van der Waals surface area contributed by atoms with Crippen LogP contribution >= 0.6 is 0 Å². The molecule has 0 radical (unpaired) electrons. The molecule has 1 saturated heterocycles. The first-order valence-electron chi connectivity index (χ1n) is 8.82. The Labute approximate surface area is 143 Å². The van der Waals surface area contributed by atoms with Crippen LogP contribution in [-0.2, 0) is 19.6 Å². The SMILES string of the molecule is CCn1ccnc1CN1CCN(Cc2ccc(C)o2)[C@@H](CCO)C1. The molecule has 1 aliphatic rings. The predicted molar refractivity (Wildman–Crippen MR) is 92.5 cm³/mol. The van der Waals surface area contributed by atoms with Gasteiger partial charge in [0, 0.05) is 51.2 Å². The minimum absolute atomic E-state index is 0.218. The lowest BCUT2D eigenvalue weighted by Crippen LogP contribution is -2.52. The van der Waals surface area contributed by atoms with Crippen LogP contribution in [0.5, 0.6) is 0 Å². The molecule has 6 heteroatoms. The number of aliphatic hydroxyl groups excluding tert-OH is 1. The highest BCUT2D eigenvalue weighted by Crippen LogP contribution is 2.19. The first-order chi connectivity index (χ1) is 11.7. The number of imidazole rings is 1. The van der Waals surface area contributed by atoms with Crippen molar-refractivity contribution >= 4 is 0 Å². The highest BCUT2D eigenvalue weighted by atomic mass is 16.3. The van der Waals surface area contributed by atoms with Crippen LogP contribution in [0, 0.1) is 6.92 Å². The van der Waals surface area contributed by atoms with E-state index in [1.165, 1.54) is 0 Å². The summed E-state index contributed by atoms with van der Waals surface area (Å²) in [5.41, 5.74) is 0. The van der Waals surface area contributed by atoms with Gasteiger partial charge in [-0.15, -0.1) is 0 Å². The molecule has 1 atom stereocenters. The molecule has 0 spiro atoms. The third-order valence-electron chi connectivity index (χ3n) is 4.81. The summed E-state index contributed by atoms with van der Waals surface area (Å²) in [5.74, 6) is 3.08. The van der Waals surface area contributed by atoms with Crippen LogP contribution in [0.4, 0.5) is 0 Å². The van der Waals surface area contributed by atoms with E-state index in [0.29, 0.717) is 6.04 Å². The zero-order valence-corrected chi connectivity index (χ0v) is 14.7. The van der Waals surface area contributed by atoms with Crippen molar-refractivity contribution in [1.29, 1.82) is 0 Å². The summed E-state index contributed by atoms with van der Waals surface area (Å²) in [6, 6.07) is 4.41. The van der Waals surface area contributed by atoms with Gasteiger partial charge in [0.2, 0.25) is 0 Å². The maximum absolute atomic E-state index is 9.45. The topological polar surface area (TPSA) is 57.7 Å². The van der Waals surface area contributed by atoms with Crippen molar-refractivity contribution in [3.63, 3.8) is 0 Å². The fourth-order valence-corrected chi connectivity index (χ4v) is 3.48. The van der Waals surface area contributed by atoms with E-state index in [4.69, 9.17) is 4.42 Å². The average Bonchev–Trinajstić information content (AvgIpc) is 3.19. The second-order valence-corrected chi connectivity index (χ2v) is 6.51. The van der Waals surface area contributed by atoms with E-state index in [-0.39, 0.29) is 6.61 Å². The van der Waals surface area contributed by atoms with Crippen molar-refractivity contribution < 1.29 is 9.52 Å². The summed E-state index contributed by atoms with van der Waals surface area (Å²) >= 11 is 0. The lowest BCUT2D eigenvalue weighted by Gasteiger charge is -2.41. The predicted octanol–water partition coefficient (Wildman–Crippen LogP) is 1.87. The molecule has 132 valence electrons. The van der Waals surface area contributed by atoms with Gasteiger partial charge >= 0.3 is 0 Å². The largest absolute Gasteiger partial charge is 0.465 e. The van der Waals surface area contributed by atoms with Crippen molar-refractivity contribution in [2.75, 3.05) is 26.2 Å². The molecular weight excluding hydrogens is 304 g/mol. The lowest BCUT2D eigenvalue weighted by atomic mass is 10.1. The number of nitrogens with zero attached hydrogens (tertiary/aromatic N) is 4. The number of rotatable bonds is 7. The number of aromatic nitrogens is 2. The lowest BCUT2D eigenvalue weighted by molar-refractivity contribution is 0.0438. The number of aryl methyl sites for hydroxylation is 2. The van der Waals surface area contributed by atoms with E-state index >= 15 is 0 Å². The number of furan rings is 1. The Bertz CT molecular complexity index is 637. The number of hydrogen-bond donors (Lipinski definition) is 1. The fraction of sp³-hybridized carbons (Fsp3) is 0.611. The van der Waals surface area contributed by atoms with Gasteiger partial charge in [0.1, 0.15) is 17.3 Å². The molecule has 1 fully saturated rings. The molecule has 0 aliphatic carbocycles. The van der Waals surface area contributed by atoms with Gasteiger partial charge in [0.25, 0.3) is 0 Å².